The summed E-state index contributed by atoms with van der Waals surface area (Å²) in [5, 5.41) is 12.7. The van der Waals surface area contributed by atoms with Crippen LogP contribution in [0.2, 0.25) is 0 Å². The van der Waals surface area contributed by atoms with E-state index in [0.29, 0.717) is 22.7 Å². The van der Waals surface area contributed by atoms with E-state index in [1.165, 1.54) is 30.7 Å². The molecule has 0 aromatic carbocycles. The fraction of sp³-hybridized carbons (Fsp3) is 0.333. The van der Waals surface area contributed by atoms with E-state index in [1.807, 2.05) is 12.3 Å². The number of amides is 1. The lowest BCUT2D eigenvalue weighted by Gasteiger charge is -2.23. The van der Waals surface area contributed by atoms with E-state index in [0.717, 1.165) is 29.4 Å². The van der Waals surface area contributed by atoms with Crippen LogP contribution >= 0.6 is 11.5 Å². The minimum absolute atomic E-state index is 0.182. The van der Waals surface area contributed by atoms with Crippen molar-refractivity contribution in [2.45, 2.75) is 26.3 Å². The number of rotatable bonds is 5. The highest BCUT2D eigenvalue weighted by molar-refractivity contribution is 7.09. The molecule has 0 radical (unpaired) electrons. The number of nitrogens with one attached hydrogen (secondary N) is 1. The van der Waals surface area contributed by atoms with E-state index in [1.54, 1.807) is 0 Å². The van der Waals surface area contributed by atoms with Gasteiger partial charge in [0.25, 0.3) is 0 Å². The van der Waals surface area contributed by atoms with Gasteiger partial charge in [-0.1, -0.05) is 0 Å². The third-order valence-electron chi connectivity index (χ3n) is 4.68. The Balaban J connectivity index is 1.57. The van der Waals surface area contributed by atoms with Gasteiger partial charge in [0.2, 0.25) is 5.13 Å². The Morgan fingerprint density at radius 2 is 2.10 bits per heavy atom. The summed E-state index contributed by atoms with van der Waals surface area (Å²) in [5.74, 6) is 0.982. The van der Waals surface area contributed by atoms with Crippen LogP contribution in [0.5, 0.6) is 0 Å². The fourth-order valence-corrected chi connectivity index (χ4v) is 3.78. The lowest BCUT2D eigenvalue weighted by molar-refractivity contribution is 0.203. The minimum atomic E-state index is -1.13. The molecule has 0 saturated carbocycles. The number of pyridine rings is 1. The van der Waals surface area contributed by atoms with Crippen LogP contribution in [-0.2, 0) is 6.42 Å². The summed E-state index contributed by atoms with van der Waals surface area (Å²) in [7, 11) is 1.40. The second kappa shape index (κ2) is 7.59. The van der Waals surface area contributed by atoms with E-state index in [2.05, 4.69) is 48.4 Å². The van der Waals surface area contributed by atoms with Gasteiger partial charge in [-0.25, -0.2) is 14.8 Å². The average molecular weight is 412 g/mol. The molecule has 3 aromatic rings. The number of fused-ring (bicyclic) bond motifs is 1. The zero-order chi connectivity index (χ0) is 20.5. The quantitative estimate of drug-likeness (QED) is 0.651. The van der Waals surface area contributed by atoms with Gasteiger partial charge in [0.05, 0.1) is 11.9 Å². The van der Waals surface area contributed by atoms with Gasteiger partial charge in [-0.15, -0.1) is 0 Å². The van der Waals surface area contributed by atoms with Gasteiger partial charge in [0.1, 0.15) is 5.69 Å². The molecular formula is C18H20N8O2S. The molecule has 0 saturated heterocycles. The van der Waals surface area contributed by atoms with Gasteiger partial charge < -0.3 is 15.3 Å². The van der Waals surface area contributed by atoms with E-state index < -0.39 is 6.09 Å². The molecule has 29 heavy (non-hydrogen) atoms. The second-order valence-electron chi connectivity index (χ2n) is 6.85. The van der Waals surface area contributed by atoms with Crippen molar-refractivity contribution in [1.29, 1.82) is 0 Å². The van der Waals surface area contributed by atoms with Gasteiger partial charge in [-0.2, -0.15) is 9.36 Å². The first-order valence-corrected chi connectivity index (χ1v) is 9.85. The molecule has 0 fully saturated rings. The highest BCUT2D eigenvalue weighted by Crippen LogP contribution is 2.32. The van der Waals surface area contributed by atoms with Gasteiger partial charge in [-0.3, -0.25) is 9.88 Å². The summed E-state index contributed by atoms with van der Waals surface area (Å²) in [4.78, 5) is 31.8. The molecule has 11 heteroatoms. The molecule has 4 heterocycles. The van der Waals surface area contributed by atoms with Crippen LogP contribution in [0.15, 0.2) is 24.7 Å². The molecule has 1 amide bonds. The monoisotopic (exact) mass is 412 g/mol. The second-order valence-corrected chi connectivity index (χ2v) is 7.61. The number of aromatic nitrogens is 5. The Labute approximate surface area is 171 Å². The maximum Gasteiger partial charge on any atom is 0.412 e. The largest absolute Gasteiger partial charge is 0.465 e. The first-order chi connectivity index (χ1) is 13.9. The number of hydrogen-bond acceptors (Lipinski definition) is 9. The predicted molar refractivity (Wildman–Crippen MR) is 111 cm³/mol. The number of anilines is 4. The topological polar surface area (TPSA) is 120 Å². The highest BCUT2D eigenvalue weighted by Gasteiger charge is 2.23. The van der Waals surface area contributed by atoms with Crippen LogP contribution in [-0.4, -0.2) is 55.1 Å². The smallest absolute Gasteiger partial charge is 0.412 e. The van der Waals surface area contributed by atoms with Gasteiger partial charge >= 0.3 is 6.09 Å². The Bertz CT molecular complexity index is 1050. The molecule has 0 spiro atoms. The zero-order valence-corrected chi connectivity index (χ0v) is 17.0. The number of carbonyl (C=O) groups is 1. The van der Waals surface area contributed by atoms with Gasteiger partial charge in [0.15, 0.2) is 17.5 Å². The van der Waals surface area contributed by atoms with Crippen molar-refractivity contribution in [3.63, 3.8) is 0 Å². The molecule has 1 aliphatic rings. The molecule has 0 atom stereocenters. The van der Waals surface area contributed by atoms with Crippen LogP contribution in [0.3, 0.4) is 0 Å². The molecule has 2 N–H and O–H groups in total. The van der Waals surface area contributed by atoms with Crippen molar-refractivity contribution in [2.75, 3.05) is 28.7 Å². The molecule has 10 nitrogen and oxygen atoms in total. The Hall–Kier alpha value is -3.34. The van der Waals surface area contributed by atoms with Crippen LogP contribution < -0.4 is 15.1 Å². The Morgan fingerprint density at radius 1 is 1.31 bits per heavy atom. The first-order valence-electron chi connectivity index (χ1n) is 9.08. The molecule has 0 bridgehead atoms. The average Bonchev–Trinajstić information content (AvgIpc) is 3.34. The van der Waals surface area contributed by atoms with Gasteiger partial charge in [-0.05, 0) is 31.9 Å². The molecular weight excluding hydrogens is 392 g/mol. The van der Waals surface area contributed by atoms with Crippen LogP contribution in [0, 0.1) is 0 Å². The summed E-state index contributed by atoms with van der Waals surface area (Å²) in [5.41, 5.74) is 3.12. The van der Waals surface area contributed by atoms with Gasteiger partial charge in [0, 0.05) is 43.6 Å². The predicted octanol–water partition coefficient (Wildman–Crippen LogP) is 3.02. The maximum absolute atomic E-state index is 11.2. The number of nitrogens with zero attached hydrogens (tertiary/aromatic N) is 7. The highest BCUT2D eigenvalue weighted by atomic mass is 32.1. The van der Waals surface area contributed by atoms with Crippen LogP contribution in [0.4, 0.5) is 27.2 Å². The third-order valence-corrected chi connectivity index (χ3v) is 5.32. The number of hydrogen-bond donors (Lipinski definition) is 2. The summed E-state index contributed by atoms with van der Waals surface area (Å²) >= 11 is 1.15. The zero-order valence-electron chi connectivity index (χ0n) is 16.2. The Morgan fingerprint density at radius 3 is 2.86 bits per heavy atom. The lowest BCUT2D eigenvalue weighted by atomic mass is 10.2. The normalized spacial score (nSPS) is 12.9. The molecule has 1 aliphatic heterocycles. The van der Waals surface area contributed by atoms with Crippen molar-refractivity contribution in [2.24, 2.45) is 0 Å². The Kier molecular flexibility index (Phi) is 4.97. The van der Waals surface area contributed by atoms with E-state index in [9.17, 15) is 9.90 Å². The molecule has 0 aliphatic carbocycles. The van der Waals surface area contributed by atoms with Crippen molar-refractivity contribution in [3.05, 3.63) is 30.2 Å². The summed E-state index contributed by atoms with van der Waals surface area (Å²) < 4.78 is 4.39. The third kappa shape index (κ3) is 3.68. The molecule has 150 valence electrons. The summed E-state index contributed by atoms with van der Waals surface area (Å²) in [6.45, 7) is 5.33. The van der Waals surface area contributed by atoms with Crippen LogP contribution in [0.1, 0.15) is 19.4 Å². The van der Waals surface area contributed by atoms with Crippen molar-refractivity contribution in [1.82, 2.24) is 24.3 Å². The van der Waals surface area contributed by atoms with Crippen LogP contribution in [0.25, 0.3) is 11.5 Å². The summed E-state index contributed by atoms with van der Waals surface area (Å²) in [6.07, 6.45) is 4.63. The van der Waals surface area contributed by atoms with E-state index in [-0.39, 0.29) is 11.6 Å². The summed E-state index contributed by atoms with van der Waals surface area (Å²) in [6, 6.07) is 2.47. The van der Waals surface area contributed by atoms with E-state index in [4.69, 9.17) is 0 Å². The molecule has 3 aromatic heterocycles. The van der Waals surface area contributed by atoms with Crippen molar-refractivity contribution >= 4 is 40.1 Å². The number of carboxylic acid groups (broad SMARTS) is 1. The SMILES string of the molecule is CC(C)N1CCc2cc(-c3nsc(Nc4nccnc4N(C)C(=O)O)n3)ncc21. The first kappa shape index (κ1) is 19.0. The fourth-order valence-electron chi connectivity index (χ4n) is 3.20. The standard InChI is InChI=1S/C18H20N8O2S/c1-10(2)26-7-4-11-8-12(21-9-13(11)26)14-22-17(29-24-14)23-15-16(20-6-5-19-15)25(3)18(27)28/h5-6,8-10H,4,7H2,1-3H3,(H,27,28)(H,19,22,23,24). The molecule has 0 unspecified atom stereocenters. The van der Waals surface area contributed by atoms with E-state index >= 15 is 0 Å². The minimum Gasteiger partial charge on any atom is -0.465 e. The molecule has 4 rings (SSSR count). The van der Waals surface area contributed by atoms with Crippen molar-refractivity contribution in [3.8, 4) is 11.5 Å². The van der Waals surface area contributed by atoms with Crippen molar-refractivity contribution < 1.29 is 9.90 Å². The maximum atomic E-state index is 11.2. The lowest BCUT2D eigenvalue weighted by Crippen LogP contribution is -2.28.